The molecule has 0 bridgehead atoms. The molecule has 15 rings (SSSR count). The van der Waals surface area contributed by atoms with Crippen molar-refractivity contribution in [3.8, 4) is 11.4 Å². The van der Waals surface area contributed by atoms with Crippen molar-refractivity contribution in [3.05, 3.63) is 181 Å². The normalized spacial score (nSPS) is 13.0. The van der Waals surface area contributed by atoms with E-state index >= 15 is 0 Å². The standard InChI is InChI=1S/C60H42N4/c1-33(2)49-55-41-31-47-51(37-23-11-15-27-43(37)61(47)35-19-7-5-8-20-35)53-40-26-14-18-30-46(40)64(57(41)53)60(55)50(34(3)4)56-42-32-48-52(54-39-25-13-17-29-45(39)63(58(42)54)59(49)56)38-24-12-16-28-44(38)62(48)36-21-9-6-10-22-36/h5-34H,1-4H3. The van der Waals surface area contributed by atoms with Gasteiger partial charge >= 0.3 is 0 Å². The first-order valence-corrected chi connectivity index (χ1v) is 22.9. The second kappa shape index (κ2) is 12.0. The van der Waals surface area contributed by atoms with Crippen LogP contribution in [0.5, 0.6) is 0 Å². The largest absolute Gasteiger partial charge is 0.309 e. The maximum absolute atomic E-state index is 2.69. The van der Waals surface area contributed by atoms with Crippen molar-refractivity contribution in [2.24, 2.45) is 0 Å². The highest BCUT2D eigenvalue weighted by atomic mass is 15.0. The molecule has 0 aliphatic heterocycles. The van der Waals surface area contributed by atoms with Gasteiger partial charge in [0.1, 0.15) is 0 Å². The van der Waals surface area contributed by atoms with Crippen molar-refractivity contribution in [2.45, 2.75) is 39.5 Å². The quantitative estimate of drug-likeness (QED) is 0.168. The first kappa shape index (κ1) is 34.7. The lowest BCUT2D eigenvalue weighted by Crippen LogP contribution is -2.01. The van der Waals surface area contributed by atoms with E-state index in [1.807, 2.05) is 0 Å². The number of benzene rings is 9. The highest BCUT2D eigenvalue weighted by Gasteiger charge is 2.33. The van der Waals surface area contributed by atoms with Gasteiger partial charge in [0, 0.05) is 76.0 Å². The lowest BCUT2D eigenvalue weighted by molar-refractivity contribution is 0.869. The zero-order valence-electron chi connectivity index (χ0n) is 36.1. The molecule has 4 heteroatoms. The molecule has 0 atom stereocenters. The Bertz CT molecular complexity index is 4170. The molecule has 9 aromatic carbocycles. The van der Waals surface area contributed by atoms with Gasteiger partial charge in [-0.3, -0.25) is 0 Å². The molecule has 302 valence electrons. The molecule has 0 unspecified atom stereocenters. The van der Waals surface area contributed by atoms with E-state index in [0.717, 1.165) is 0 Å². The summed E-state index contributed by atoms with van der Waals surface area (Å²) in [5.41, 5.74) is 18.1. The summed E-state index contributed by atoms with van der Waals surface area (Å²) in [4.78, 5) is 0. The summed E-state index contributed by atoms with van der Waals surface area (Å²) in [5.74, 6) is 0.452. The van der Waals surface area contributed by atoms with Crippen molar-refractivity contribution >= 4 is 120 Å². The lowest BCUT2D eigenvalue weighted by Gasteiger charge is -2.19. The number of fused-ring (bicyclic) bond motifs is 20. The molecule has 0 aliphatic carbocycles. The fourth-order valence-electron chi connectivity index (χ4n) is 12.7. The molecule has 64 heavy (non-hydrogen) atoms. The van der Waals surface area contributed by atoms with E-state index in [0.29, 0.717) is 0 Å². The molecule has 0 amide bonds. The highest BCUT2D eigenvalue weighted by Crippen LogP contribution is 2.55. The minimum atomic E-state index is 0.226. The van der Waals surface area contributed by atoms with Crippen LogP contribution in [0.1, 0.15) is 50.7 Å². The van der Waals surface area contributed by atoms with Crippen molar-refractivity contribution < 1.29 is 0 Å². The van der Waals surface area contributed by atoms with Gasteiger partial charge in [0.15, 0.2) is 0 Å². The van der Waals surface area contributed by atoms with Crippen LogP contribution in [0.2, 0.25) is 0 Å². The molecule has 0 fully saturated rings. The molecule has 0 aliphatic rings. The van der Waals surface area contributed by atoms with Crippen molar-refractivity contribution in [1.82, 2.24) is 17.9 Å². The SMILES string of the molecule is CC(C)c1c2c3cc4c(c5ccccc5n4-c4ccccc4)c4c5ccccc5n(c2c(C(C)C)c2c5cc6c(c7ccccc7n6-c6ccccc6)c6c7ccccc7n(c12)c56)c34. The van der Waals surface area contributed by atoms with E-state index in [9.17, 15) is 0 Å². The zero-order valence-corrected chi connectivity index (χ0v) is 36.1. The Morgan fingerprint density at radius 3 is 0.984 bits per heavy atom. The van der Waals surface area contributed by atoms with Gasteiger partial charge in [-0.05, 0) is 83.6 Å². The molecule has 0 spiro atoms. The monoisotopic (exact) mass is 818 g/mol. The van der Waals surface area contributed by atoms with E-state index < -0.39 is 0 Å². The predicted molar refractivity (Wildman–Crippen MR) is 273 cm³/mol. The fourth-order valence-corrected chi connectivity index (χ4v) is 12.7. The fraction of sp³-hybridized carbons (Fsp3) is 0.100. The molecular weight excluding hydrogens is 777 g/mol. The third-order valence-electron chi connectivity index (χ3n) is 14.8. The van der Waals surface area contributed by atoms with Crippen molar-refractivity contribution in [2.75, 3.05) is 0 Å². The first-order chi connectivity index (χ1) is 31.5. The van der Waals surface area contributed by atoms with E-state index in [1.54, 1.807) is 0 Å². The van der Waals surface area contributed by atoms with Crippen LogP contribution in [0.3, 0.4) is 0 Å². The van der Waals surface area contributed by atoms with Gasteiger partial charge in [0.25, 0.3) is 0 Å². The summed E-state index contributed by atoms with van der Waals surface area (Å²) < 4.78 is 10.4. The number of aromatic nitrogens is 4. The van der Waals surface area contributed by atoms with Crippen LogP contribution in [0.25, 0.3) is 131 Å². The molecule has 0 radical (unpaired) electrons. The van der Waals surface area contributed by atoms with Gasteiger partial charge in [-0.15, -0.1) is 0 Å². The smallest absolute Gasteiger partial charge is 0.0628 e. The maximum atomic E-state index is 2.69. The van der Waals surface area contributed by atoms with Crippen LogP contribution < -0.4 is 0 Å². The van der Waals surface area contributed by atoms with Gasteiger partial charge < -0.3 is 17.9 Å². The minimum absolute atomic E-state index is 0.226. The lowest BCUT2D eigenvalue weighted by atomic mass is 9.86. The van der Waals surface area contributed by atoms with Gasteiger partial charge in [0.05, 0.1) is 55.2 Å². The van der Waals surface area contributed by atoms with Gasteiger partial charge in [-0.25, -0.2) is 0 Å². The Hall–Kier alpha value is -7.82. The second-order valence-electron chi connectivity index (χ2n) is 18.7. The average molecular weight is 819 g/mol. The Balaban J connectivity index is 1.27. The van der Waals surface area contributed by atoms with Crippen molar-refractivity contribution in [1.29, 1.82) is 0 Å². The molecule has 15 aromatic rings. The van der Waals surface area contributed by atoms with Gasteiger partial charge in [-0.1, -0.05) is 137 Å². The van der Waals surface area contributed by atoms with Crippen LogP contribution >= 0.6 is 0 Å². The molecule has 0 saturated carbocycles. The van der Waals surface area contributed by atoms with E-state index in [-0.39, 0.29) is 11.8 Å². The summed E-state index contributed by atoms with van der Waals surface area (Å²) in [5, 5.41) is 16.0. The summed E-state index contributed by atoms with van der Waals surface area (Å²) in [7, 11) is 0. The second-order valence-corrected chi connectivity index (χ2v) is 18.7. The van der Waals surface area contributed by atoms with Crippen LogP contribution in [0, 0.1) is 0 Å². The number of hydrogen-bond acceptors (Lipinski definition) is 0. The zero-order chi connectivity index (χ0) is 42.3. The third kappa shape index (κ3) is 3.98. The highest BCUT2D eigenvalue weighted by molar-refractivity contribution is 6.40. The number of para-hydroxylation sites is 6. The Morgan fingerprint density at radius 2 is 0.609 bits per heavy atom. The summed E-state index contributed by atoms with van der Waals surface area (Å²) in [6.07, 6.45) is 0. The summed E-state index contributed by atoms with van der Waals surface area (Å²) >= 11 is 0. The minimum Gasteiger partial charge on any atom is -0.309 e. The van der Waals surface area contributed by atoms with Crippen LogP contribution in [0.4, 0.5) is 0 Å². The first-order valence-electron chi connectivity index (χ1n) is 22.9. The Morgan fingerprint density at radius 1 is 0.281 bits per heavy atom. The van der Waals surface area contributed by atoms with E-state index in [2.05, 4.69) is 215 Å². The maximum Gasteiger partial charge on any atom is 0.0628 e. The number of rotatable bonds is 4. The molecule has 6 aromatic heterocycles. The molecule has 0 N–H and O–H groups in total. The average Bonchev–Trinajstić information content (AvgIpc) is 4.16. The van der Waals surface area contributed by atoms with Crippen molar-refractivity contribution in [3.63, 3.8) is 0 Å². The molecule has 4 nitrogen and oxygen atoms in total. The Kier molecular flexibility index (Phi) is 6.51. The van der Waals surface area contributed by atoms with Gasteiger partial charge in [-0.2, -0.15) is 0 Å². The van der Waals surface area contributed by atoms with Crippen LogP contribution in [0.15, 0.2) is 170 Å². The third-order valence-corrected chi connectivity index (χ3v) is 14.8. The topological polar surface area (TPSA) is 18.7 Å². The van der Waals surface area contributed by atoms with Crippen LogP contribution in [-0.2, 0) is 0 Å². The van der Waals surface area contributed by atoms with E-state index in [4.69, 9.17) is 0 Å². The molecule has 0 saturated heterocycles. The Labute approximate surface area is 368 Å². The predicted octanol–water partition coefficient (Wildman–Crippen LogP) is 16.4. The number of hydrogen-bond donors (Lipinski definition) is 0. The molecule has 6 heterocycles. The summed E-state index contributed by atoms with van der Waals surface area (Å²) in [6.45, 7) is 9.69. The molecular formula is C60H42N4. The summed E-state index contributed by atoms with van der Waals surface area (Å²) in [6, 6.07) is 63.4. The van der Waals surface area contributed by atoms with Gasteiger partial charge in [0.2, 0.25) is 0 Å². The van der Waals surface area contributed by atoms with Crippen LogP contribution in [-0.4, -0.2) is 17.9 Å². The number of nitrogens with zero attached hydrogens (tertiary/aromatic N) is 4. The van der Waals surface area contributed by atoms with E-state index in [1.165, 1.54) is 142 Å².